The summed E-state index contributed by atoms with van der Waals surface area (Å²) in [6, 6.07) is 8.55. The molecule has 104 valence electrons. The molecule has 3 aromatic rings. The average Bonchev–Trinajstić information content (AvgIpc) is 3.07. The number of benzene rings is 1. The number of hydrogen-bond donors (Lipinski definition) is 1. The molecule has 2 N–H and O–H groups in total. The molecule has 0 spiro atoms. The Morgan fingerprint density at radius 1 is 1.30 bits per heavy atom. The molecule has 4 heteroatoms. The number of nitrogens with zero attached hydrogens (tertiary/aromatic N) is 2. The van der Waals surface area contributed by atoms with Crippen LogP contribution in [0.1, 0.15) is 29.6 Å². The van der Waals surface area contributed by atoms with Gasteiger partial charge in [0, 0.05) is 23.6 Å². The third kappa shape index (κ3) is 2.62. The summed E-state index contributed by atoms with van der Waals surface area (Å²) < 4.78 is 2.25. The van der Waals surface area contributed by atoms with Crippen molar-refractivity contribution < 1.29 is 0 Å². The number of rotatable bonds is 5. The number of hydrogen-bond acceptors (Lipinski definition) is 3. The molecular formula is C16H19N3S. The van der Waals surface area contributed by atoms with Crippen LogP contribution >= 0.6 is 11.3 Å². The minimum Gasteiger partial charge on any atom is -0.341 e. The van der Waals surface area contributed by atoms with E-state index in [9.17, 15) is 0 Å². The Labute approximate surface area is 123 Å². The Kier molecular flexibility index (Phi) is 3.85. The molecule has 0 bridgehead atoms. The molecule has 20 heavy (non-hydrogen) atoms. The fraction of sp³-hybridized carbons (Fsp3) is 0.312. The zero-order chi connectivity index (χ0) is 13.9. The smallest absolute Gasteiger partial charge is 0.0928 e. The van der Waals surface area contributed by atoms with E-state index in [4.69, 9.17) is 10.7 Å². The minimum absolute atomic E-state index is 0.582. The molecule has 0 aliphatic heterocycles. The lowest BCUT2D eigenvalue weighted by molar-refractivity contribution is 0.801. The Bertz CT molecular complexity index is 711. The van der Waals surface area contributed by atoms with E-state index in [1.165, 1.54) is 21.5 Å². The molecule has 0 saturated heterocycles. The molecule has 0 aliphatic carbocycles. The van der Waals surface area contributed by atoms with Crippen LogP contribution in [0.2, 0.25) is 0 Å². The molecule has 0 unspecified atom stereocenters. The number of fused-ring (bicyclic) bond motifs is 1. The second-order valence-electron chi connectivity index (χ2n) is 5.02. The van der Waals surface area contributed by atoms with Crippen LogP contribution < -0.4 is 5.73 Å². The summed E-state index contributed by atoms with van der Waals surface area (Å²) in [6.45, 7) is 3.60. The average molecular weight is 285 g/mol. The van der Waals surface area contributed by atoms with Crippen molar-refractivity contribution in [2.45, 2.75) is 32.9 Å². The Balaban J connectivity index is 1.89. The summed E-state index contributed by atoms with van der Waals surface area (Å²) in [4.78, 5) is 4.70. The molecule has 0 atom stereocenters. The lowest BCUT2D eigenvalue weighted by Gasteiger charge is -2.04. The van der Waals surface area contributed by atoms with E-state index >= 15 is 0 Å². The van der Waals surface area contributed by atoms with E-state index < -0.39 is 0 Å². The van der Waals surface area contributed by atoms with E-state index in [0.717, 1.165) is 25.1 Å². The van der Waals surface area contributed by atoms with Crippen LogP contribution in [-0.4, -0.2) is 9.55 Å². The van der Waals surface area contributed by atoms with Gasteiger partial charge in [-0.25, -0.2) is 4.98 Å². The molecule has 0 fully saturated rings. The van der Waals surface area contributed by atoms with Gasteiger partial charge in [-0.1, -0.05) is 19.1 Å². The van der Waals surface area contributed by atoms with Gasteiger partial charge in [0.05, 0.1) is 17.2 Å². The van der Waals surface area contributed by atoms with Gasteiger partial charge in [-0.15, -0.1) is 11.3 Å². The highest BCUT2D eigenvalue weighted by Crippen LogP contribution is 2.20. The molecule has 1 aromatic carbocycles. The maximum absolute atomic E-state index is 5.73. The first-order valence-electron chi connectivity index (χ1n) is 7.01. The van der Waals surface area contributed by atoms with Gasteiger partial charge in [-0.3, -0.25) is 0 Å². The van der Waals surface area contributed by atoms with Gasteiger partial charge < -0.3 is 10.3 Å². The van der Waals surface area contributed by atoms with Gasteiger partial charge in [0.2, 0.25) is 0 Å². The minimum atomic E-state index is 0.582. The Hall–Kier alpha value is -1.65. The summed E-state index contributed by atoms with van der Waals surface area (Å²) in [5, 5.41) is 4.66. The number of aryl methyl sites for hydroxylation is 1. The van der Waals surface area contributed by atoms with Crippen molar-refractivity contribution >= 4 is 22.2 Å². The predicted molar refractivity (Wildman–Crippen MR) is 85.0 cm³/mol. The van der Waals surface area contributed by atoms with Crippen LogP contribution in [-0.2, 0) is 19.5 Å². The summed E-state index contributed by atoms with van der Waals surface area (Å²) >= 11 is 1.76. The zero-order valence-corrected chi connectivity index (χ0v) is 12.5. The second-order valence-corrected chi connectivity index (χ2v) is 5.97. The monoisotopic (exact) mass is 285 g/mol. The van der Waals surface area contributed by atoms with Crippen molar-refractivity contribution in [1.82, 2.24) is 9.55 Å². The van der Waals surface area contributed by atoms with E-state index in [0.29, 0.717) is 6.54 Å². The van der Waals surface area contributed by atoms with Crippen LogP contribution in [0.25, 0.3) is 10.9 Å². The molecule has 0 radical (unpaired) electrons. The third-order valence-corrected chi connectivity index (χ3v) is 4.43. The zero-order valence-electron chi connectivity index (χ0n) is 11.7. The molecule has 2 heterocycles. The van der Waals surface area contributed by atoms with Crippen molar-refractivity contribution in [3.8, 4) is 0 Å². The van der Waals surface area contributed by atoms with E-state index in [2.05, 4.69) is 47.3 Å². The van der Waals surface area contributed by atoms with Crippen molar-refractivity contribution in [3.05, 3.63) is 52.1 Å². The highest BCUT2D eigenvalue weighted by atomic mass is 32.1. The van der Waals surface area contributed by atoms with Gasteiger partial charge in [0.15, 0.2) is 0 Å². The SMILES string of the molecule is CCCc1nc(Cn2ccc3ccc(CN)cc32)cs1. The summed E-state index contributed by atoms with van der Waals surface area (Å²) in [7, 11) is 0. The first-order valence-corrected chi connectivity index (χ1v) is 7.89. The Morgan fingerprint density at radius 2 is 2.20 bits per heavy atom. The second kappa shape index (κ2) is 5.77. The topological polar surface area (TPSA) is 43.8 Å². The standard InChI is InChI=1S/C16H19N3S/c1-2-3-16-18-14(11-20-16)10-19-7-6-13-5-4-12(9-17)8-15(13)19/h4-8,11H,2-3,9-10,17H2,1H3. The summed E-state index contributed by atoms with van der Waals surface area (Å²) in [5.74, 6) is 0. The van der Waals surface area contributed by atoms with Gasteiger partial charge in [-0.05, 0) is 35.9 Å². The van der Waals surface area contributed by atoms with Crippen molar-refractivity contribution in [1.29, 1.82) is 0 Å². The highest BCUT2D eigenvalue weighted by molar-refractivity contribution is 7.09. The van der Waals surface area contributed by atoms with E-state index in [-0.39, 0.29) is 0 Å². The number of aromatic nitrogens is 2. The normalized spacial score (nSPS) is 11.3. The first kappa shape index (κ1) is 13.3. The van der Waals surface area contributed by atoms with Crippen LogP contribution in [0.15, 0.2) is 35.8 Å². The predicted octanol–water partition coefficient (Wildman–Crippen LogP) is 3.56. The van der Waals surface area contributed by atoms with Crippen LogP contribution in [0.3, 0.4) is 0 Å². The molecule has 0 amide bonds. The van der Waals surface area contributed by atoms with Crippen LogP contribution in [0, 0.1) is 0 Å². The Morgan fingerprint density at radius 3 is 3.00 bits per heavy atom. The molecule has 0 saturated carbocycles. The van der Waals surface area contributed by atoms with Gasteiger partial charge in [-0.2, -0.15) is 0 Å². The summed E-state index contributed by atoms with van der Waals surface area (Å²) in [5.41, 5.74) is 9.28. The van der Waals surface area contributed by atoms with Gasteiger partial charge in [0.25, 0.3) is 0 Å². The van der Waals surface area contributed by atoms with Crippen molar-refractivity contribution in [2.24, 2.45) is 5.73 Å². The first-order chi connectivity index (χ1) is 9.80. The number of nitrogens with two attached hydrogens (primary N) is 1. The molecular weight excluding hydrogens is 266 g/mol. The number of thiazole rings is 1. The molecule has 3 rings (SSSR count). The van der Waals surface area contributed by atoms with E-state index in [1.807, 2.05) is 0 Å². The molecule has 2 aromatic heterocycles. The van der Waals surface area contributed by atoms with Gasteiger partial charge in [0.1, 0.15) is 0 Å². The van der Waals surface area contributed by atoms with Crippen molar-refractivity contribution in [3.63, 3.8) is 0 Å². The van der Waals surface area contributed by atoms with Crippen molar-refractivity contribution in [2.75, 3.05) is 0 Å². The molecule has 0 aliphatic rings. The van der Waals surface area contributed by atoms with Crippen LogP contribution in [0.4, 0.5) is 0 Å². The maximum atomic E-state index is 5.73. The fourth-order valence-electron chi connectivity index (χ4n) is 2.42. The lowest BCUT2D eigenvalue weighted by atomic mass is 10.1. The maximum Gasteiger partial charge on any atom is 0.0928 e. The van der Waals surface area contributed by atoms with Gasteiger partial charge >= 0.3 is 0 Å². The summed E-state index contributed by atoms with van der Waals surface area (Å²) in [6.07, 6.45) is 4.36. The molecule has 3 nitrogen and oxygen atoms in total. The largest absolute Gasteiger partial charge is 0.341 e. The third-order valence-electron chi connectivity index (χ3n) is 3.47. The quantitative estimate of drug-likeness (QED) is 0.779. The fourth-order valence-corrected chi connectivity index (χ4v) is 3.31. The lowest BCUT2D eigenvalue weighted by Crippen LogP contribution is -2.00. The highest BCUT2D eigenvalue weighted by Gasteiger charge is 2.06. The van der Waals surface area contributed by atoms with E-state index in [1.54, 1.807) is 11.3 Å². The van der Waals surface area contributed by atoms with Crippen LogP contribution in [0.5, 0.6) is 0 Å².